The van der Waals surface area contributed by atoms with Gasteiger partial charge in [-0.15, -0.1) is 0 Å². The molecule has 1 aromatic heterocycles. The van der Waals surface area contributed by atoms with Crippen molar-refractivity contribution >= 4 is 17.5 Å². The molecule has 0 bridgehead atoms. The molecule has 1 fully saturated rings. The molecule has 3 N–H and O–H groups in total. The third kappa shape index (κ3) is 2.03. The van der Waals surface area contributed by atoms with Crippen LogP contribution >= 0.6 is 0 Å². The molecule has 18 heavy (non-hydrogen) atoms. The van der Waals surface area contributed by atoms with Crippen LogP contribution in [0.15, 0.2) is 11.1 Å². The monoisotopic (exact) mass is 252 g/mol. The number of methoxy groups -OCH3 is 1. The quantitative estimate of drug-likeness (QED) is 0.694. The van der Waals surface area contributed by atoms with Gasteiger partial charge < -0.3 is 20.4 Å². The summed E-state index contributed by atoms with van der Waals surface area (Å²) in [6.45, 7) is 3.06. The number of aromatic nitrogens is 2. The van der Waals surface area contributed by atoms with E-state index in [4.69, 9.17) is 10.5 Å². The Morgan fingerprint density at radius 2 is 2.33 bits per heavy atom. The molecule has 1 aromatic rings. The number of rotatable bonds is 2. The Bertz CT molecular complexity index is 513. The molecule has 2 heterocycles. The molecule has 2 unspecified atom stereocenters. The maximum Gasteiger partial charge on any atom is 0.310 e. The van der Waals surface area contributed by atoms with Gasteiger partial charge in [0.05, 0.1) is 19.4 Å². The Morgan fingerprint density at radius 1 is 1.61 bits per heavy atom. The summed E-state index contributed by atoms with van der Waals surface area (Å²) in [6.07, 6.45) is 1.31. The molecule has 0 saturated carbocycles. The van der Waals surface area contributed by atoms with Gasteiger partial charge in [0.2, 0.25) is 0 Å². The van der Waals surface area contributed by atoms with Crippen LogP contribution in [0.4, 0.5) is 11.5 Å². The molecular weight excluding hydrogens is 236 g/mol. The molecule has 7 nitrogen and oxygen atoms in total. The van der Waals surface area contributed by atoms with Crippen LogP contribution in [-0.4, -0.2) is 36.1 Å². The lowest BCUT2D eigenvalue weighted by Crippen LogP contribution is -2.27. The largest absolute Gasteiger partial charge is 0.469 e. The zero-order valence-electron chi connectivity index (χ0n) is 10.3. The molecule has 1 aliphatic heterocycles. The molecule has 0 spiro atoms. The summed E-state index contributed by atoms with van der Waals surface area (Å²) >= 11 is 0. The lowest BCUT2D eigenvalue weighted by Gasteiger charge is -2.17. The molecule has 1 saturated heterocycles. The number of nitrogens with one attached hydrogen (secondary N) is 1. The van der Waals surface area contributed by atoms with Gasteiger partial charge in [-0.2, -0.15) is 0 Å². The summed E-state index contributed by atoms with van der Waals surface area (Å²) in [4.78, 5) is 31.3. The number of H-pyrrole nitrogens is 1. The molecule has 0 amide bonds. The van der Waals surface area contributed by atoms with Crippen LogP contribution in [0.25, 0.3) is 0 Å². The number of esters is 1. The number of nitrogens with zero attached hydrogens (tertiary/aromatic N) is 2. The van der Waals surface area contributed by atoms with E-state index in [1.165, 1.54) is 13.4 Å². The predicted octanol–water partition coefficient (Wildman–Crippen LogP) is -0.403. The Hall–Kier alpha value is -2.05. The second kappa shape index (κ2) is 4.67. The molecule has 98 valence electrons. The van der Waals surface area contributed by atoms with Crippen molar-refractivity contribution in [2.45, 2.75) is 6.92 Å². The normalized spacial score (nSPS) is 23.1. The maximum absolute atomic E-state index is 11.6. The first-order valence-electron chi connectivity index (χ1n) is 5.70. The van der Waals surface area contributed by atoms with E-state index in [0.717, 1.165) is 0 Å². The average molecular weight is 252 g/mol. The zero-order valence-corrected chi connectivity index (χ0v) is 10.3. The SMILES string of the molecule is COC(=O)C1CN(c2nc[nH]c(=O)c2N)CC1C. The number of anilines is 2. The highest BCUT2D eigenvalue weighted by molar-refractivity contribution is 5.75. The molecular formula is C11H16N4O3. The van der Waals surface area contributed by atoms with E-state index in [0.29, 0.717) is 18.9 Å². The Morgan fingerprint density at radius 3 is 3.00 bits per heavy atom. The van der Waals surface area contributed by atoms with Gasteiger partial charge in [-0.05, 0) is 5.92 Å². The van der Waals surface area contributed by atoms with Gasteiger partial charge >= 0.3 is 5.97 Å². The van der Waals surface area contributed by atoms with E-state index in [-0.39, 0.29) is 29.1 Å². The Balaban J connectivity index is 2.25. The number of carbonyl (C=O) groups excluding carboxylic acids is 1. The fourth-order valence-electron chi connectivity index (χ4n) is 2.25. The van der Waals surface area contributed by atoms with Crippen LogP contribution in [-0.2, 0) is 9.53 Å². The van der Waals surface area contributed by atoms with E-state index in [9.17, 15) is 9.59 Å². The highest BCUT2D eigenvalue weighted by Crippen LogP contribution is 2.29. The maximum atomic E-state index is 11.6. The first kappa shape index (κ1) is 12.4. The van der Waals surface area contributed by atoms with Gasteiger partial charge in [-0.25, -0.2) is 4.98 Å². The number of nitrogens with two attached hydrogens (primary N) is 1. The highest BCUT2D eigenvalue weighted by atomic mass is 16.5. The molecule has 1 aliphatic rings. The molecule has 0 radical (unpaired) electrons. The summed E-state index contributed by atoms with van der Waals surface area (Å²) in [5.41, 5.74) is 5.41. The highest BCUT2D eigenvalue weighted by Gasteiger charge is 2.36. The Kier molecular flexibility index (Phi) is 3.22. The van der Waals surface area contributed by atoms with Crippen molar-refractivity contribution in [3.05, 3.63) is 16.7 Å². The minimum Gasteiger partial charge on any atom is -0.469 e. The number of nitrogen functional groups attached to an aromatic ring is 1. The van der Waals surface area contributed by atoms with E-state index in [1.807, 2.05) is 11.8 Å². The third-order valence-electron chi connectivity index (χ3n) is 3.28. The van der Waals surface area contributed by atoms with Crippen LogP contribution in [0.2, 0.25) is 0 Å². The van der Waals surface area contributed by atoms with Crippen LogP contribution < -0.4 is 16.2 Å². The first-order chi connectivity index (χ1) is 8.54. The smallest absolute Gasteiger partial charge is 0.310 e. The van der Waals surface area contributed by atoms with Crippen LogP contribution in [0.1, 0.15) is 6.92 Å². The number of ether oxygens (including phenoxy) is 1. The summed E-state index contributed by atoms with van der Waals surface area (Å²) in [7, 11) is 1.37. The van der Waals surface area contributed by atoms with Gasteiger partial charge in [0.1, 0.15) is 5.69 Å². The van der Waals surface area contributed by atoms with E-state index in [2.05, 4.69) is 9.97 Å². The fourth-order valence-corrected chi connectivity index (χ4v) is 2.25. The average Bonchev–Trinajstić information content (AvgIpc) is 2.73. The first-order valence-corrected chi connectivity index (χ1v) is 5.70. The van der Waals surface area contributed by atoms with Crippen molar-refractivity contribution in [3.63, 3.8) is 0 Å². The van der Waals surface area contributed by atoms with Crippen LogP contribution in [0.5, 0.6) is 0 Å². The van der Waals surface area contributed by atoms with Gasteiger partial charge in [-0.3, -0.25) is 9.59 Å². The zero-order chi connectivity index (χ0) is 13.3. The topological polar surface area (TPSA) is 101 Å². The van der Waals surface area contributed by atoms with E-state index in [1.54, 1.807) is 0 Å². The number of aromatic amines is 1. The van der Waals surface area contributed by atoms with Crippen LogP contribution in [0.3, 0.4) is 0 Å². The number of hydrogen-bond donors (Lipinski definition) is 2. The van der Waals surface area contributed by atoms with Crippen molar-refractivity contribution in [2.24, 2.45) is 11.8 Å². The molecule has 7 heteroatoms. The van der Waals surface area contributed by atoms with Gasteiger partial charge in [0.25, 0.3) is 5.56 Å². The van der Waals surface area contributed by atoms with Gasteiger partial charge in [-0.1, -0.05) is 6.92 Å². The van der Waals surface area contributed by atoms with Crippen molar-refractivity contribution in [3.8, 4) is 0 Å². The van der Waals surface area contributed by atoms with Crippen molar-refractivity contribution in [1.29, 1.82) is 0 Å². The van der Waals surface area contributed by atoms with E-state index >= 15 is 0 Å². The summed E-state index contributed by atoms with van der Waals surface area (Å²) in [5, 5.41) is 0. The summed E-state index contributed by atoms with van der Waals surface area (Å²) < 4.78 is 4.76. The standard InChI is InChI=1S/C11H16N4O3/c1-6-3-15(4-7(6)11(17)18-2)9-8(12)10(16)14-5-13-9/h5-7H,3-4,12H2,1-2H3,(H,13,14,16). The minimum absolute atomic E-state index is 0.0789. The summed E-state index contributed by atoms with van der Waals surface area (Å²) in [5.74, 6) is 0.110. The Labute approximate surface area is 104 Å². The van der Waals surface area contributed by atoms with Gasteiger partial charge in [0.15, 0.2) is 5.82 Å². The number of carbonyl (C=O) groups is 1. The predicted molar refractivity (Wildman–Crippen MR) is 66.2 cm³/mol. The molecule has 0 aliphatic carbocycles. The fraction of sp³-hybridized carbons (Fsp3) is 0.545. The lowest BCUT2D eigenvalue weighted by atomic mass is 9.99. The van der Waals surface area contributed by atoms with E-state index < -0.39 is 0 Å². The molecule has 0 aromatic carbocycles. The van der Waals surface area contributed by atoms with Crippen molar-refractivity contribution in [2.75, 3.05) is 30.8 Å². The minimum atomic E-state index is -0.367. The van der Waals surface area contributed by atoms with Crippen molar-refractivity contribution < 1.29 is 9.53 Å². The second-order valence-corrected chi connectivity index (χ2v) is 4.48. The van der Waals surface area contributed by atoms with Crippen molar-refractivity contribution in [1.82, 2.24) is 9.97 Å². The second-order valence-electron chi connectivity index (χ2n) is 4.48. The molecule has 2 atom stereocenters. The third-order valence-corrected chi connectivity index (χ3v) is 3.28. The lowest BCUT2D eigenvalue weighted by molar-refractivity contribution is -0.145. The van der Waals surface area contributed by atoms with Gasteiger partial charge in [0, 0.05) is 13.1 Å². The molecule has 2 rings (SSSR count). The number of hydrogen-bond acceptors (Lipinski definition) is 6. The van der Waals surface area contributed by atoms with Crippen LogP contribution in [0, 0.1) is 11.8 Å². The summed E-state index contributed by atoms with van der Waals surface area (Å²) in [6, 6.07) is 0.